The third-order valence-electron chi connectivity index (χ3n) is 5.41. The van der Waals surface area contributed by atoms with Gasteiger partial charge in [0.2, 0.25) is 5.91 Å². The highest BCUT2D eigenvalue weighted by atomic mass is 16.5. The van der Waals surface area contributed by atoms with Crippen LogP contribution in [0.25, 0.3) is 0 Å². The van der Waals surface area contributed by atoms with Gasteiger partial charge in [0, 0.05) is 48.9 Å². The van der Waals surface area contributed by atoms with E-state index in [1.807, 2.05) is 17.0 Å². The van der Waals surface area contributed by atoms with Crippen LogP contribution in [0.1, 0.15) is 32.2 Å². The summed E-state index contributed by atoms with van der Waals surface area (Å²) in [6, 6.07) is 8.81. The molecule has 3 amide bonds. The third kappa shape index (κ3) is 4.95. The van der Waals surface area contributed by atoms with Gasteiger partial charge in [0.25, 0.3) is 0 Å². The molecule has 1 saturated heterocycles. The molecule has 2 fully saturated rings. The van der Waals surface area contributed by atoms with E-state index >= 15 is 0 Å². The summed E-state index contributed by atoms with van der Waals surface area (Å²) in [5, 5.41) is 9.97. The Labute approximate surface area is 170 Å². The Kier molecular flexibility index (Phi) is 5.80. The lowest BCUT2D eigenvalue weighted by Gasteiger charge is -2.25. The van der Waals surface area contributed by atoms with E-state index in [0.717, 1.165) is 39.0 Å². The van der Waals surface area contributed by atoms with Crippen LogP contribution in [0.5, 0.6) is 0 Å². The summed E-state index contributed by atoms with van der Waals surface area (Å²) < 4.78 is 7.05. The van der Waals surface area contributed by atoms with E-state index in [-0.39, 0.29) is 11.9 Å². The zero-order chi connectivity index (χ0) is 20.2. The number of anilines is 2. The van der Waals surface area contributed by atoms with Crippen LogP contribution in [0.3, 0.4) is 0 Å². The first-order valence-corrected chi connectivity index (χ1v) is 10.2. The lowest BCUT2D eigenvalue weighted by Crippen LogP contribution is -2.40. The Bertz CT molecular complexity index is 844. The monoisotopic (exact) mass is 397 g/mol. The first kappa shape index (κ1) is 19.4. The number of carbonyl (C=O) groups excluding carboxylic acids is 2. The molecule has 2 atom stereocenters. The van der Waals surface area contributed by atoms with Gasteiger partial charge in [-0.05, 0) is 50.5 Å². The molecule has 4 rings (SSSR count). The van der Waals surface area contributed by atoms with Gasteiger partial charge in [-0.15, -0.1) is 0 Å². The van der Waals surface area contributed by atoms with Crippen molar-refractivity contribution in [2.45, 2.75) is 38.3 Å². The summed E-state index contributed by atoms with van der Waals surface area (Å²) >= 11 is 0. The van der Waals surface area contributed by atoms with Crippen LogP contribution in [0, 0.1) is 5.92 Å². The van der Waals surface area contributed by atoms with Gasteiger partial charge in [-0.25, -0.2) is 4.79 Å². The molecule has 1 aromatic heterocycles. The van der Waals surface area contributed by atoms with E-state index in [1.54, 1.807) is 42.2 Å². The van der Waals surface area contributed by atoms with E-state index < -0.39 is 6.04 Å². The Morgan fingerprint density at radius 2 is 2.03 bits per heavy atom. The molecule has 29 heavy (non-hydrogen) atoms. The topological polar surface area (TPSA) is 88.5 Å². The van der Waals surface area contributed by atoms with E-state index in [9.17, 15) is 9.59 Å². The molecule has 2 aromatic rings. The first-order chi connectivity index (χ1) is 14.1. The normalized spacial score (nSPS) is 19.6. The number of urea groups is 1. The quantitative estimate of drug-likeness (QED) is 0.751. The molecule has 1 aliphatic carbocycles. The Morgan fingerprint density at radius 3 is 2.69 bits per heavy atom. The Morgan fingerprint density at radius 1 is 1.24 bits per heavy atom. The van der Waals surface area contributed by atoms with Gasteiger partial charge < -0.3 is 20.3 Å². The minimum absolute atomic E-state index is 0.0900. The largest absolute Gasteiger partial charge is 0.381 e. The molecule has 8 nitrogen and oxygen atoms in total. The highest BCUT2D eigenvalue weighted by molar-refractivity contribution is 5.95. The van der Waals surface area contributed by atoms with Gasteiger partial charge in [0.05, 0.1) is 6.61 Å². The Balaban J connectivity index is 1.37. The van der Waals surface area contributed by atoms with Crippen molar-refractivity contribution in [1.82, 2.24) is 14.7 Å². The fourth-order valence-corrected chi connectivity index (χ4v) is 3.54. The zero-order valence-electron chi connectivity index (χ0n) is 16.6. The maximum Gasteiger partial charge on any atom is 0.322 e. The zero-order valence-corrected chi connectivity index (χ0v) is 16.6. The predicted molar refractivity (Wildman–Crippen MR) is 110 cm³/mol. The average Bonchev–Trinajstić information content (AvgIpc) is 3.18. The number of hydrogen-bond donors (Lipinski definition) is 2. The van der Waals surface area contributed by atoms with Gasteiger partial charge >= 0.3 is 6.03 Å². The highest BCUT2D eigenvalue weighted by Crippen LogP contribution is 2.30. The van der Waals surface area contributed by atoms with Gasteiger partial charge in [-0.1, -0.05) is 6.07 Å². The van der Waals surface area contributed by atoms with Crippen molar-refractivity contribution < 1.29 is 14.3 Å². The highest BCUT2D eigenvalue weighted by Gasteiger charge is 2.34. The van der Waals surface area contributed by atoms with Crippen molar-refractivity contribution in [3.8, 4) is 0 Å². The van der Waals surface area contributed by atoms with Crippen molar-refractivity contribution in [2.75, 3.05) is 30.4 Å². The van der Waals surface area contributed by atoms with Crippen LogP contribution in [0.2, 0.25) is 0 Å². The van der Waals surface area contributed by atoms with E-state index in [1.165, 1.54) is 0 Å². The number of aromatic nitrogens is 2. The van der Waals surface area contributed by atoms with Crippen LogP contribution < -0.4 is 10.6 Å². The van der Waals surface area contributed by atoms with Crippen LogP contribution >= 0.6 is 0 Å². The SMILES string of the molecule is C[C@@H](C(=O)Nc1cccc(NC(=O)N(C[C@H]2CCOC2)C2CC2)c1)n1cccn1. The number of ether oxygens (including phenoxy) is 1. The molecule has 2 N–H and O–H groups in total. The Hall–Kier alpha value is -2.87. The fraction of sp³-hybridized carbons (Fsp3) is 0.476. The number of carbonyl (C=O) groups is 2. The molecule has 1 aliphatic heterocycles. The second-order valence-electron chi connectivity index (χ2n) is 7.78. The van der Waals surface area contributed by atoms with Gasteiger partial charge in [-0.2, -0.15) is 5.10 Å². The molecule has 2 heterocycles. The standard InChI is InChI=1S/C21H27N5O3/c1-15(26-10-3-9-22-26)20(27)23-17-4-2-5-18(12-17)24-21(28)25(19-6-7-19)13-16-8-11-29-14-16/h2-5,9-10,12,15-16,19H,6-8,11,13-14H2,1H3,(H,23,27)(H,24,28)/t15-,16+/m0/s1. The lowest BCUT2D eigenvalue weighted by atomic mass is 10.1. The van der Waals surface area contributed by atoms with Crippen LogP contribution in [-0.2, 0) is 9.53 Å². The molecule has 1 aromatic carbocycles. The summed E-state index contributed by atoms with van der Waals surface area (Å²) in [5.74, 6) is 0.244. The number of rotatable bonds is 7. The summed E-state index contributed by atoms with van der Waals surface area (Å²) in [6.07, 6.45) is 6.52. The van der Waals surface area contributed by atoms with Gasteiger partial charge in [0.1, 0.15) is 6.04 Å². The van der Waals surface area contributed by atoms with Crippen molar-refractivity contribution in [3.63, 3.8) is 0 Å². The van der Waals surface area contributed by atoms with Crippen molar-refractivity contribution >= 4 is 23.3 Å². The van der Waals surface area contributed by atoms with Crippen LogP contribution in [0.15, 0.2) is 42.7 Å². The second kappa shape index (κ2) is 8.65. The number of nitrogens with zero attached hydrogens (tertiary/aromatic N) is 3. The molecular weight excluding hydrogens is 370 g/mol. The minimum Gasteiger partial charge on any atom is -0.381 e. The van der Waals surface area contributed by atoms with Crippen LogP contribution in [-0.4, -0.2) is 52.4 Å². The van der Waals surface area contributed by atoms with Gasteiger partial charge in [0.15, 0.2) is 0 Å². The van der Waals surface area contributed by atoms with Crippen molar-refractivity contribution in [1.29, 1.82) is 0 Å². The summed E-state index contributed by atoms with van der Waals surface area (Å²) in [4.78, 5) is 27.3. The smallest absolute Gasteiger partial charge is 0.322 e. The maximum absolute atomic E-state index is 12.9. The first-order valence-electron chi connectivity index (χ1n) is 10.2. The number of nitrogens with one attached hydrogen (secondary N) is 2. The van der Waals surface area contributed by atoms with Crippen molar-refractivity contribution in [3.05, 3.63) is 42.7 Å². The predicted octanol–water partition coefficient (Wildman–Crippen LogP) is 3.12. The summed E-state index contributed by atoms with van der Waals surface area (Å²) in [7, 11) is 0. The van der Waals surface area contributed by atoms with E-state index in [0.29, 0.717) is 23.3 Å². The second-order valence-corrected chi connectivity index (χ2v) is 7.78. The molecule has 0 unspecified atom stereocenters. The summed E-state index contributed by atoms with van der Waals surface area (Å²) in [5.41, 5.74) is 1.29. The third-order valence-corrected chi connectivity index (χ3v) is 5.41. The molecule has 154 valence electrons. The fourth-order valence-electron chi connectivity index (χ4n) is 3.54. The number of amides is 3. The lowest BCUT2D eigenvalue weighted by molar-refractivity contribution is -0.119. The maximum atomic E-state index is 12.9. The number of benzene rings is 1. The molecule has 0 bridgehead atoms. The van der Waals surface area contributed by atoms with Gasteiger partial charge in [-0.3, -0.25) is 9.48 Å². The molecular formula is C21H27N5O3. The minimum atomic E-state index is -0.428. The summed E-state index contributed by atoms with van der Waals surface area (Å²) in [6.45, 7) is 4.03. The van der Waals surface area contributed by atoms with E-state index in [4.69, 9.17) is 4.74 Å². The molecule has 1 saturated carbocycles. The molecule has 0 radical (unpaired) electrons. The molecule has 2 aliphatic rings. The number of hydrogen-bond acceptors (Lipinski definition) is 4. The van der Waals surface area contributed by atoms with Crippen LogP contribution in [0.4, 0.5) is 16.2 Å². The molecule has 0 spiro atoms. The molecule has 8 heteroatoms. The van der Waals surface area contributed by atoms with E-state index in [2.05, 4.69) is 15.7 Å². The average molecular weight is 397 g/mol. The van der Waals surface area contributed by atoms with Crippen molar-refractivity contribution in [2.24, 2.45) is 5.92 Å².